The number of ether oxygens (including phenoxy) is 2. The van der Waals surface area contributed by atoms with E-state index in [2.05, 4.69) is 0 Å². The van der Waals surface area contributed by atoms with Gasteiger partial charge in [-0.25, -0.2) is 18.6 Å². The third-order valence-electron chi connectivity index (χ3n) is 6.01. The summed E-state index contributed by atoms with van der Waals surface area (Å²) in [6.45, 7) is 5.28. The van der Waals surface area contributed by atoms with Gasteiger partial charge in [-0.05, 0) is 43.7 Å². The number of benzene rings is 1. The molecule has 0 radical (unpaired) electrons. The average molecular weight is 444 g/mol. The van der Waals surface area contributed by atoms with Crippen LogP contribution in [-0.4, -0.2) is 16.7 Å². The third kappa shape index (κ3) is 3.44. The molecule has 0 spiro atoms. The van der Waals surface area contributed by atoms with Crippen LogP contribution in [0.3, 0.4) is 0 Å². The summed E-state index contributed by atoms with van der Waals surface area (Å²) < 4.78 is 37.8. The minimum atomic E-state index is -2.53. The highest BCUT2D eigenvalue weighted by molar-refractivity contribution is 7.19. The summed E-state index contributed by atoms with van der Waals surface area (Å²) in [5.74, 6) is -1.49. The molecule has 1 aliphatic carbocycles. The number of halogens is 2. The van der Waals surface area contributed by atoms with Crippen LogP contribution in [0.15, 0.2) is 24.3 Å². The molecule has 1 aromatic carbocycles. The van der Waals surface area contributed by atoms with E-state index in [0.717, 1.165) is 47.0 Å². The number of hydrogen-bond donors (Lipinski definition) is 0. The number of fused-ring (bicyclic) bond motifs is 3. The van der Waals surface area contributed by atoms with Crippen molar-refractivity contribution in [3.8, 4) is 11.1 Å². The number of carbonyl (C=O) groups is 1. The zero-order chi connectivity index (χ0) is 21.9. The standard InChI is InChI=1S/C24H23F2NO3S/c1-12-17(20-23(28)30-24(2,3)29-20)18(13-8-10-14(11-9-13)21(25)26)19-15-6-4-5-7-16(15)31-22(19)27-12/h8-11,20-21H,4-7H2,1-3H3. The number of hydrogen-bond acceptors (Lipinski definition) is 5. The van der Waals surface area contributed by atoms with Crippen molar-refractivity contribution < 1.29 is 23.0 Å². The van der Waals surface area contributed by atoms with Gasteiger partial charge < -0.3 is 9.47 Å². The summed E-state index contributed by atoms with van der Waals surface area (Å²) in [6, 6.07) is 6.30. The highest BCUT2D eigenvalue weighted by atomic mass is 32.1. The lowest BCUT2D eigenvalue weighted by Gasteiger charge is -2.20. The van der Waals surface area contributed by atoms with E-state index in [0.29, 0.717) is 11.3 Å². The predicted molar refractivity (Wildman–Crippen MR) is 115 cm³/mol. The molecule has 2 aliphatic rings. The maximum absolute atomic E-state index is 13.2. The SMILES string of the molecule is Cc1nc2sc3c(c2c(-c2ccc(C(F)F)cc2)c1C1OC(C)(C)OC1=O)CCCC3. The normalized spacial score (nSPS) is 20.3. The summed E-state index contributed by atoms with van der Waals surface area (Å²) in [4.78, 5) is 19.9. The van der Waals surface area contributed by atoms with E-state index >= 15 is 0 Å². The van der Waals surface area contributed by atoms with Gasteiger partial charge in [-0.1, -0.05) is 24.3 Å². The number of rotatable bonds is 3. The summed E-state index contributed by atoms with van der Waals surface area (Å²) >= 11 is 1.69. The molecule has 0 bridgehead atoms. The number of cyclic esters (lactones) is 1. The number of esters is 1. The highest BCUT2D eigenvalue weighted by Gasteiger charge is 2.44. The van der Waals surface area contributed by atoms with Crippen molar-refractivity contribution in [1.82, 2.24) is 4.98 Å². The van der Waals surface area contributed by atoms with Crippen LogP contribution < -0.4 is 0 Å². The van der Waals surface area contributed by atoms with Crippen LogP contribution in [-0.2, 0) is 27.1 Å². The van der Waals surface area contributed by atoms with Gasteiger partial charge in [0.1, 0.15) is 4.83 Å². The largest absolute Gasteiger partial charge is 0.431 e. The molecule has 7 heteroatoms. The van der Waals surface area contributed by atoms with Gasteiger partial charge in [0.2, 0.25) is 5.79 Å². The Bertz CT molecular complexity index is 1180. The number of thiophene rings is 1. The second-order valence-electron chi connectivity index (χ2n) is 8.62. The molecule has 2 aromatic heterocycles. The van der Waals surface area contributed by atoms with E-state index in [4.69, 9.17) is 14.5 Å². The van der Waals surface area contributed by atoms with Crippen molar-refractivity contribution in [3.63, 3.8) is 0 Å². The number of alkyl halides is 2. The van der Waals surface area contributed by atoms with Gasteiger partial charge in [-0.3, -0.25) is 0 Å². The number of pyridine rings is 1. The van der Waals surface area contributed by atoms with Gasteiger partial charge in [-0.15, -0.1) is 11.3 Å². The highest BCUT2D eigenvalue weighted by Crippen LogP contribution is 2.47. The first-order valence-electron chi connectivity index (χ1n) is 10.5. The first-order chi connectivity index (χ1) is 14.7. The molecule has 0 amide bonds. The summed E-state index contributed by atoms with van der Waals surface area (Å²) in [5.41, 5.74) is 4.22. The molecule has 4 nitrogen and oxygen atoms in total. The quantitative estimate of drug-likeness (QED) is 0.437. The molecule has 1 atom stereocenters. The van der Waals surface area contributed by atoms with Crippen LogP contribution >= 0.6 is 11.3 Å². The number of carbonyl (C=O) groups excluding carboxylic acids is 1. The van der Waals surface area contributed by atoms with E-state index in [9.17, 15) is 13.6 Å². The number of aromatic nitrogens is 1. The first kappa shape index (κ1) is 20.5. The molecule has 1 unspecified atom stereocenters. The van der Waals surface area contributed by atoms with E-state index in [1.54, 1.807) is 37.3 Å². The summed E-state index contributed by atoms with van der Waals surface area (Å²) in [6.07, 6.45) is 0.774. The molecular weight excluding hydrogens is 420 g/mol. The van der Waals surface area contributed by atoms with Crippen molar-refractivity contribution in [3.05, 3.63) is 51.5 Å². The van der Waals surface area contributed by atoms with Crippen LogP contribution in [0.4, 0.5) is 8.78 Å². The Morgan fingerprint density at radius 1 is 1.16 bits per heavy atom. The van der Waals surface area contributed by atoms with Crippen molar-refractivity contribution in [2.45, 2.75) is 64.8 Å². The van der Waals surface area contributed by atoms with Crippen molar-refractivity contribution in [2.75, 3.05) is 0 Å². The lowest BCUT2D eigenvalue weighted by atomic mass is 9.88. The Labute approximate surface area is 183 Å². The Morgan fingerprint density at radius 2 is 1.87 bits per heavy atom. The molecular formula is C24H23F2NO3S. The molecule has 3 aromatic rings. The molecule has 1 aliphatic heterocycles. The fraction of sp³-hybridized carbons (Fsp3) is 0.417. The van der Waals surface area contributed by atoms with Gasteiger partial charge in [0.05, 0.1) is 0 Å². The van der Waals surface area contributed by atoms with Crippen LogP contribution in [0, 0.1) is 6.92 Å². The maximum Gasteiger partial charge on any atom is 0.342 e. The molecule has 1 saturated heterocycles. The van der Waals surface area contributed by atoms with Crippen molar-refractivity contribution in [2.24, 2.45) is 0 Å². The van der Waals surface area contributed by atoms with Gasteiger partial charge in [-0.2, -0.15) is 0 Å². The zero-order valence-corrected chi connectivity index (χ0v) is 18.4. The predicted octanol–water partition coefficient (Wildman–Crippen LogP) is 6.44. The maximum atomic E-state index is 13.2. The average Bonchev–Trinajstić information content (AvgIpc) is 3.22. The lowest BCUT2D eigenvalue weighted by molar-refractivity contribution is -0.160. The van der Waals surface area contributed by atoms with E-state index < -0.39 is 24.3 Å². The smallest absolute Gasteiger partial charge is 0.342 e. The molecule has 31 heavy (non-hydrogen) atoms. The molecule has 0 saturated carbocycles. The first-order valence-corrected chi connectivity index (χ1v) is 11.3. The molecule has 0 N–H and O–H groups in total. The lowest BCUT2D eigenvalue weighted by Crippen LogP contribution is -2.20. The van der Waals surface area contributed by atoms with Crippen LogP contribution in [0.2, 0.25) is 0 Å². The van der Waals surface area contributed by atoms with E-state index in [1.165, 1.54) is 22.6 Å². The van der Waals surface area contributed by atoms with Crippen LogP contribution in [0.1, 0.15) is 66.5 Å². The fourth-order valence-corrected chi connectivity index (χ4v) is 5.98. The van der Waals surface area contributed by atoms with Crippen molar-refractivity contribution >= 4 is 27.5 Å². The van der Waals surface area contributed by atoms with Gasteiger partial charge in [0, 0.05) is 46.5 Å². The monoisotopic (exact) mass is 443 g/mol. The Balaban J connectivity index is 1.80. The van der Waals surface area contributed by atoms with E-state index in [1.807, 2.05) is 6.92 Å². The third-order valence-corrected chi connectivity index (χ3v) is 7.19. The zero-order valence-electron chi connectivity index (χ0n) is 17.6. The Kier molecular flexibility index (Phi) is 4.86. The second-order valence-corrected chi connectivity index (χ2v) is 9.70. The topological polar surface area (TPSA) is 48.4 Å². The molecule has 162 valence electrons. The Morgan fingerprint density at radius 3 is 2.52 bits per heavy atom. The van der Waals surface area contributed by atoms with E-state index in [-0.39, 0.29) is 5.56 Å². The minimum absolute atomic E-state index is 0.0303. The van der Waals surface area contributed by atoms with Crippen molar-refractivity contribution in [1.29, 1.82) is 0 Å². The summed E-state index contributed by atoms with van der Waals surface area (Å²) in [7, 11) is 0. The number of nitrogens with zero attached hydrogens (tertiary/aromatic N) is 1. The van der Waals surface area contributed by atoms with Gasteiger partial charge in [0.15, 0.2) is 6.10 Å². The van der Waals surface area contributed by atoms with Crippen LogP contribution in [0.25, 0.3) is 21.3 Å². The van der Waals surface area contributed by atoms with Crippen LogP contribution in [0.5, 0.6) is 0 Å². The fourth-order valence-electron chi connectivity index (χ4n) is 4.66. The molecule has 3 heterocycles. The van der Waals surface area contributed by atoms with Gasteiger partial charge in [0.25, 0.3) is 6.43 Å². The van der Waals surface area contributed by atoms with Gasteiger partial charge >= 0.3 is 5.97 Å². The number of aryl methyl sites for hydroxylation is 3. The Hall–Kier alpha value is -2.38. The minimum Gasteiger partial charge on any atom is -0.431 e. The second kappa shape index (κ2) is 7.35. The molecule has 1 fully saturated rings. The summed E-state index contributed by atoms with van der Waals surface area (Å²) in [5, 5.41) is 1.02. The molecule has 5 rings (SSSR count).